The molecule has 0 fully saturated rings. The van der Waals surface area contributed by atoms with E-state index in [0.717, 1.165) is 15.8 Å². The number of urea groups is 1. The SMILES string of the molecule is Cc1cc(C)c2sc(NC(=O)NCc3ccccc3)nc2c1. The Hall–Kier alpha value is -2.40. The Labute approximate surface area is 133 Å². The van der Waals surface area contributed by atoms with Crippen LogP contribution in [-0.2, 0) is 6.54 Å². The molecule has 2 aromatic carbocycles. The number of rotatable bonds is 3. The van der Waals surface area contributed by atoms with Crippen LogP contribution in [0, 0.1) is 13.8 Å². The largest absolute Gasteiger partial charge is 0.334 e. The van der Waals surface area contributed by atoms with Crippen molar-refractivity contribution < 1.29 is 4.79 Å². The molecular weight excluding hydrogens is 294 g/mol. The van der Waals surface area contributed by atoms with E-state index in [2.05, 4.69) is 28.6 Å². The average Bonchev–Trinajstić information content (AvgIpc) is 2.89. The fraction of sp³-hybridized carbons (Fsp3) is 0.176. The number of carbonyl (C=O) groups is 1. The molecule has 0 bridgehead atoms. The van der Waals surface area contributed by atoms with Crippen LogP contribution in [0.2, 0.25) is 0 Å². The van der Waals surface area contributed by atoms with Crippen molar-refractivity contribution in [3.05, 3.63) is 59.2 Å². The molecule has 0 atom stereocenters. The number of aryl methyl sites for hydroxylation is 2. The maximum atomic E-state index is 12.0. The van der Waals surface area contributed by atoms with Crippen LogP contribution >= 0.6 is 11.3 Å². The lowest BCUT2D eigenvalue weighted by atomic mass is 10.1. The van der Waals surface area contributed by atoms with Gasteiger partial charge in [-0.15, -0.1) is 0 Å². The van der Waals surface area contributed by atoms with Gasteiger partial charge in [0.1, 0.15) is 0 Å². The summed E-state index contributed by atoms with van der Waals surface area (Å²) in [5, 5.41) is 6.26. The van der Waals surface area contributed by atoms with Gasteiger partial charge in [-0.05, 0) is 36.6 Å². The summed E-state index contributed by atoms with van der Waals surface area (Å²) in [6, 6.07) is 13.7. The van der Waals surface area contributed by atoms with Gasteiger partial charge in [0, 0.05) is 6.54 Å². The van der Waals surface area contributed by atoms with Crippen LogP contribution in [0.15, 0.2) is 42.5 Å². The second kappa shape index (κ2) is 6.15. The lowest BCUT2D eigenvalue weighted by Gasteiger charge is -2.05. The van der Waals surface area contributed by atoms with Crippen LogP contribution < -0.4 is 10.6 Å². The molecule has 3 rings (SSSR count). The lowest BCUT2D eigenvalue weighted by molar-refractivity contribution is 0.251. The van der Waals surface area contributed by atoms with Crippen LogP contribution in [0.1, 0.15) is 16.7 Å². The van der Waals surface area contributed by atoms with Crippen molar-refractivity contribution in [1.82, 2.24) is 10.3 Å². The fourth-order valence-electron chi connectivity index (χ4n) is 2.35. The Balaban J connectivity index is 1.68. The number of benzene rings is 2. The molecule has 0 aliphatic carbocycles. The van der Waals surface area contributed by atoms with Gasteiger partial charge in [0.15, 0.2) is 5.13 Å². The Morgan fingerprint density at radius 2 is 1.95 bits per heavy atom. The van der Waals surface area contributed by atoms with Crippen molar-refractivity contribution in [2.75, 3.05) is 5.32 Å². The molecule has 0 saturated carbocycles. The molecule has 0 aliphatic rings. The number of fused-ring (bicyclic) bond motifs is 1. The van der Waals surface area contributed by atoms with E-state index >= 15 is 0 Å². The van der Waals surface area contributed by atoms with Crippen molar-refractivity contribution in [2.45, 2.75) is 20.4 Å². The summed E-state index contributed by atoms with van der Waals surface area (Å²) < 4.78 is 1.11. The number of aromatic nitrogens is 1. The third kappa shape index (κ3) is 3.26. The minimum atomic E-state index is -0.239. The molecule has 1 aromatic heterocycles. The van der Waals surface area contributed by atoms with Crippen molar-refractivity contribution in [3.8, 4) is 0 Å². The van der Waals surface area contributed by atoms with Gasteiger partial charge in [0.05, 0.1) is 10.2 Å². The highest BCUT2D eigenvalue weighted by Gasteiger charge is 2.09. The van der Waals surface area contributed by atoms with E-state index in [0.29, 0.717) is 11.7 Å². The zero-order valence-corrected chi connectivity index (χ0v) is 13.3. The normalized spacial score (nSPS) is 10.6. The summed E-state index contributed by atoms with van der Waals surface area (Å²) in [7, 11) is 0. The van der Waals surface area contributed by atoms with Gasteiger partial charge in [-0.25, -0.2) is 9.78 Å². The van der Waals surface area contributed by atoms with Crippen LogP contribution in [0.4, 0.5) is 9.93 Å². The molecule has 0 spiro atoms. The van der Waals surface area contributed by atoms with Crippen LogP contribution in [0.5, 0.6) is 0 Å². The zero-order chi connectivity index (χ0) is 15.5. The highest BCUT2D eigenvalue weighted by atomic mass is 32.1. The molecule has 0 unspecified atom stereocenters. The summed E-state index contributed by atoms with van der Waals surface area (Å²) in [6.45, 7) is 4.61. The zero-order valence-electron chi connectivity index (χ0n) is 12.5. The summed E-state index contributed by atoms with van der Waals surface area (Å²) in [4.78, 5) is 16.4. The smallest absolute Gasteiger partial charge is 0.321 e. The number of carbonyl (C=O) groups excluding carboxylic acids is 1. The highest BCUT2D eigenvalue weighted by Crippen LogP contribution is 2.29. The first-order valence-electron chi connectivity index (χ1n) is 7.08. The van der Waals surface area contributed by atoms with Gasteiger partial charge in [0.25, 0.3) is 0 Å². The highest BCUT2D eigenvalue weighted by molar-refractivity contribution is 7.22. The number of amides is 2. The number of thiazole rings is 1. The standard InChI is InChI=1S/C17H17N3OS/c1-11-8-12(2)15-14(9-11)19-17(22-15)20-16(21)18-10-13-6-4-3-5-7-13/h3-9H,10H2,1-2H3,(H2,18,19,20,21). The topological polar surface area (TPSA) is 54.0 Å². The molecule has 2 N–H and O–H groups in total. The van der Waals surface area contributed by atoms with E-state index in [9.17, 15) is 4.79 Å². The Kier molecular flexibility index (Phi) is 4.06. The Morgan fingerprint density at radius 1 is 1.18 bits per heavy atom. The monoisotopic (exact) mass is 311 g/mol. The van der Waals surface area contributed by atoms with E-state index in [1.807, 2.05) is 43.3 Å². The van der Waals surface area contributed by atoms with E-state index in [4.69, 9.17) is 0 Å². The van der Waals surface area contributed by atoms with Gasteiger partial charge < -0.3 is 5.32 Å². The average molecular weight is 311 g/mol. The minimum absolute atomic E-state index is 0.239. The lowest BCUT2D eigenvalue weighted by Crippen LogP contribution is -2.28. The summed E-state index contributed by atoms with van der Waals surface area (Å²) in [6.07, 6.45) is 0. The number of hydrogen-bond acceptors (Lipinski definition) is 3. The Bertz CT molecular complexity index is 811. The van der Waals surface area contributed by atoms with Crippen LogP contribution in [0.3, 0.4) is 0 Å². The molecule has 2 amide bonds. The first-order chi connectivity index (χ1) is 10.6. The number of anilines is 1. The minimum Gasteiger partial charge on any atom is -0.334 e. The Morgan fingerprint density at radius 3 is 2.73 bits per heavy atom. The summed E-state index contributed by atoms with van der Waals surface area (Å²) in [5.74, 6) is 0. The van der Waals surface area contributed by atoms with E-state index in [1.165, 1.54) is 22.5 Å². The molecule has 3 aromatic rings. The summed E-state index contributed by atoms with van der Waals surface area (Å²) >= 11 is 1.50. The van der Waals surface area contributed by atoms with Gasteiger partial charge >= 0.3 is 6.03 Å². The fourth-order valence-corrected chi connectivity index (χ4v) is 3.26. The molecule has 112 valence electrons. The first kappa shape index (κ1) is 14.5. The number of nitrogens with one attached hydrogen (secondary N) is 2. The van der Waals surface area contributed by atoms with E-state index in [1.54, 1.807) is 0 Å². The molecule has 1 heterocycles. The molecule has 4 nitrogen and oxygen atoms in total. The van der Waals surface area contributed by atoms with Gasteiger partial charge in [-0.2, -0.15) is 0 Å². The first-order valence-corrected chi connectivity index (χ1v) is 7.90. The molecule has 0 saturated heterocycles. The van der Waals surface area contributed by atoms with Crippen molar-refractivity contribution in [2.24, 2.45) is 0 Å². The number of nitrogens with zero attached hydrogens (tertiary/aromatic N) is 1. The molecule has 22 heavy (non-hydrogen) atoms. The van der Waals surface area contributed by atoms with Gasteiger partial charge in [-0.3, -0.25) is 5.32 Å². The van der Waals surface area contributed by atoms with Crippen LogP contribution in [-0.4, -0.2) is 11.0 Å². The van der Waals surface area contributed by atoms with E-state index in [-0.39, 0.29) is 6.03 Å². The summed E-state index contributed by atoms with van der Waals surface area (Å²) in [5.41, 5.74) is 4.36. The van der Waals surface area contributed by atoms with Crippen molar-refractivity contribution >= 4 is 32.7 Å². The second-order valence-electron chi connectivity index (χ2n) is 5.24. The van der Waals surface area contributed by atoms with Crippen molar-refractivity contribution in [3.63, 3.8) is 0 Å². The molecule has 0 aliphatic heterocycles. The van der Waals surface area contributed by atoms with E-state index < -0.39 is 0 Å². The third-order valence-electron chi connectivity index (χ3n) is 3.34. The molecule has 5 heteroatoms. The van der Waals surface area contributed by atoms with Gasteiger partial charge in [0.2, 0.25) is 0 Å². The molecule has 0 radical (unpaired) electrons. The van der Waals surface area contributed by atoms with Gasteiger partial charge in [-0.1, -0.05) is 47.7 Å². The van der Waals surface area contributed by atoms with Crippen LogP contribution in [0.25, 0.3) is 10.2 Å². The second-order valence-corrected chi connectivity index (χ2v) is 6.24. The maximum Gasteiger partial charge on any atom is 0.321 e. The molecular formula is C17H17N3OS. The quantitative estimate of drug-likeness (QED) is 0.760. The predicted molar refractivity (Wildman–Crippen MR) is 91.4 cm³/mol. The third-order valence-corrected chi connectivity index (χ3v) is 4.46. The number of hydrogen-bond donors (Lipinski definition) is 2. The maximum absolute atomic E-state index is 12.0. The van der Waals surface area contributed by atoms with Crippen molar-refractivity contribution in [1.29, 1.82) is 0 Å². The predicted octanol–water partition coefficient (Wildman–Crippen LogP) is 4.23.